The second-order valence-corrected chi connectivity index (χ2v) is 5.64. The lowest BCUT2D eigenvalue weighted by Crippen LogP contribution is -2.32. The fraction of sp³-hybridized carbons (Fsp3) is 0.474. The van der Waals surface area contributed by atoms with E-state index in [0.717, 1.165) is 12.0 Å². The van der Waals surface area contributed by atoms with Gasteiger partial charge in [0.15, 0.2) is 0 Å². The summed E-state index contributed by atoms with van der Waals surface area (Å²) in [6, 6.07) is 9.41. The van der Waals surface area contributed by atoms with Gasteiger partial charge in [-0.25, -0.2) is 9.59 Å². The van der Waals surface area contributed by atoms with Gasteiger partial charge in [-0.1, -0.05) is 43.7 Å². The van der Waals surface area contributed by atoms with E-state index in [9.17, 15) is 9.59 Å². The average Bonchev–Trinajstić information content (AvgIpc) is 2.95. The summed E-state index contributed by atoms with van der Waals surface area (Å²) in [5, 5.41) is 1.66. The van der Waals surface area contributed by atoms with Crippen LogP contribution >= 0.6 is 0 Å². The van der Waals surface area contributed by atoms with Gasteiger partial charge >= 0.3 is 11.9 Å². The number of carbonyl (C=O) groups excluding carboxylic acids is 2. The topological polar surface area (TPSA) is 65.1 Å². The predicted molar refractivity (Wildman–Crippen MR) is 92.1 cm³/mol. The van der Waals surface area contributed by atoms with Gasteiger partial charge in [0.05, 0.1) is 25.8 Å². The van der Waals surface area contributed by atoms with E-state index < -0.39 is 11.9 Å². The molecule has 0 fully saturated rings. The number of rotatable bonds is 8. The molecule has 6 nitrogen and oxygen atoms in total. The van der Waals surface area contributed by atoms with Crippen molar-refractivity contribution in [3.8, 4) is 0 Å². The Kier molecular flexibility index (Phi) is 7.01. The molecule has 1 aromatic carbocycles. The van der Waals surface area contributed by atoms with Gasteiger partial charge in [0.25, 0.3) is 0 Å². The number of carbonyl (C=O) groups is 2. The summed E-state index contributed by atoms with van der Waals surface area (Å²) >= 11 is 0. The van der Waals surface area contributed by atoms with Crippen molar-refractivity contribution in [3.63, 3.8) is 0 Å². The van der Waals surface area contributed by atoms with Crippen molar-refractivity contribution in [2.45, 2.75) is 46.2 Å². The molecule has 6 heteroatoms. The first-order chi connectivity index (χ1) is 12.1. The molecule has 0 aliphatic carbocycles. The molecule has 0 saturated carbocycles. The lowest BCUT2D eigenvalue weighted by Gasteiger charge is -2.23. The molecule has 25 heavy (non-hydrogen) atoms. The van der Waals surface area contributed by atoms with Crippen LogP contribution < -0.4 is 0 Å². The van der Waals surface area contributed by atoms with E-state index >= 15 is 0 Å². The van der Waals surface area contributed by atoms with Gasteiger partial charge in [0.1, 0.15) is 5.57 Å². The van der Waals surface area contributed by atoms with Crippen LogP contribution in [0.2, 0.25) is 0 Å². The molecule has 1 aliphatic rings. The summed E-state index contributed by atoms with van der Waals surface area (Å²) in [5.41, 5.74) is 1.27. The second kappa shape index (κ2) is 9.22. The van der Waals surface area contributed by atoms with Gasteiger partial charge < -0.3 is 14.3 Å². The first-order valence-electron chi connectivity index (χ1n) is 8.69. The lowest BCUT2D eigenvalue weighted by molar-refractivity contribution is -0.162. The summed E-state index contributed by atoms with van der Waals surface area (Å²) < 4.78 is 10.2. The van der Waals surface area contributed by atoms with E-state index in [1.54, 1.807) is 18.9 Å². The van der Waals surface area contributed by atoms with Crippen LogP contribution in [0.1, 0.15) is 39.2 Å². The SMILES string of the molecule is CCCC1C(C(=O)OCC)=C(C(=O)OCC)ON1Cc1ccccc1. The highest BCUT2D eigenvalue weighted by Gasteiger charge is 2.42. The van der Waals surface area contributed by atoms with Gasteiger partial charge in [0, 0.05) is 0 Å². The lowest BCUT2D eigenvalue weighted by atomic mass is 10.0. The summed E-state index contributed by atoms with van der Waals surface area (Å²) in [5.74, 6) is -1.23. The van der Waals surface area contributed by atoms with Crippen LogP contribution in [0.4, 0.5) is 0 Å². The maximum Gasteiger partial charge on any atom is 0.376 e. The summed E-state index contributed by atoms with van der Waals surface area (Å²) in [4.78, 5) is 30.5. The summed E-state index contributed by atoms with van der Waals surface area (Å²) in [6.45, 7) is 6.36. The number of hydrogen-bond donors (Lipinski definition) is 0. The molecular weight excluding hydrogens is 322 g/mol. The number of esters is 2. The van der Waals surface area contributed by atoms with Crippen LogP contribution in [0.3, 0.4) is 0 Å². The molecule has 2 rings (SSSR count). The van der Waals surface area contributed by atoms with Crippen molar-refractivity contribution in [2.75, 3.05) is 13.2 Å². The van der Waals surface area contributed by atoms with Gasteiger partial charge in [-0.3, -0.25) is 0 Å². The van der Waals surface area contributed by atoms with Crippen LogP contribution in [0.5, 0.6) is 0 Å². The molecule has 1 unspecified atom stereocenters. The minimum atomic E-state index is -0.637. The number of benzene rings is 1. The molecule has 1 atom stereocenters. The van der Waals surface area contributed by atoms with Crippen molar-refractivity contribution in [2.24, 2.45) is 0 Å². The molecule has 1 aromatic rings. The Morgan fingerprint density at radius 1 is 1.04 bits per heavy atom. The van der Waals surface area contributed by atoms with Crippen molar-refractivity contribution in [1.29, 1.82) is 0 Å². The van der Waals surface area contributed by atoms with E-state index in [1.165, 1.54) is 0 Å². The molecular formula is C19H25NO5. The third kappa shape index (κ3) is 4.60. The van der Waals surface area contributed by atoms with Crippen LogP contribution in [0.25, 0.3) is 0 Å². The highest BCUT2D eigenvalue weighted by atomic mass is 16.7. The highest BCUT2D eigenvalue weighted by Crippen LogP contribution is 2.32. The Hall–Kier alpha value is -2.34. The second-order valence-electron chi connectivity index (χ2n) is 5.64. The molecule has 1 aliphatic heterocycles. The fourth-order valence-electron chi connectivity index (χ4n) is 2.77. The number of nitrogens with zero attached hydrogens (tertiary/aromatic N) is 1. The Morgan fingerprint density at radius 3 is 2.28 bits per heavy atom. The van der Waals surface area contributed by atoms with E-state index in [0.29, 0.717) is 13.0 Å². The molecule has 0 N–H and O–H groups in total. The maximum absolute atomic E-state index is 12.5. The standard InChI is InChI=1S/C19H25NO5/c1-4-10-15-16(18(21)23-5-2)17(19(22)24-6-3)25-20(15)13-14-11-8-7-9-12-14/h7-9,11-12,15H,4-6,10,13H2,1-3H3. The van der Waals surface area contributed by atoms with Crippen LogP contribution in [-0.4, -0.2) is 36.3 Å². The average molecular weight is 347 g/mol. The molecule has 0 amide bonds. The molecule has 0 radical (unpaired) electrons. The maximum atomic E-state index is 12.5. The van der Waals surface area contributed by atoms with E-state index in [4.69, 9.17) is 14.3 Å². The number of hydroxylamine groups is 2. The van der Waals surface area contributed by atoms with Crippen LogP contribution in [0, 0.1) is 0 Å². The smallest absolute Gasteiger partial charge is 0.376 e. The first-order valence-corrected chi connectivity index (χ1v) is 8.69. The largest absolute Gasteiger partial charge is 0.462 e. The molecule has 0 aromatic heterocycles. The Morgan fingerprint density at radius 2 is 1.68 bits per heavy atom. The zero-order valence-electron chi connectivity index (χ0n) is 15.0. The minimum absolute atomic E-state index is 0.0605. The van der Waals surface area contributed by atoms with Crippen molar-refractivity contribution in [3.05, 3.63) is 47.2 Å². The zero-order valence-corrected chi connectivity index (χ0v) is 15.0. The normalized spacial score (nSPS) is 17.3. The summed E-state index contributed by atoms with van der Waals surface area (Å²) in [6.07, 6.45) is 1.50. The molecule has 1 heterocycles. The van der Waals surface area contributed by atoms with Gasteiger partial charge in [-0.15, -0.1) is 5.06 Å². The first kappa shape index (κ1) is 19.0. The van der Waals surface area contributed by atoms with Gasteiger partial charge in [0.2, 0.25) is 5.76 Å². The minimum Gasteiger partial charge on any atom is -0.462 e. The monoisotopic (exact) mass is 347 g/mol. The predicted octanol–water partition coefficient (Wildman–Crippen LogP) is 2.98. The van der Waals surface area contributed by atoms with Crippen molar-refractivity contribution >= 4 is 11.9 Å². The third-order valence-electron chi connectivity index (χ3n) is 3.83. The van der Waals surface area contributed by atoms with E-state index in [1.807, 2.05) is 37.3 Å². The molecule has 136 valence electrons. The zero-order chi connectivity index (χ0) is 18.2. The van der Waals surface area contributed by atoms with Gasteiger partial charge in [-0.2, -0.15) is 0 Å². The molecule has 0 saturated heterocycles. The Balaban J connectivity index is 2.32. The summed E-state index contributed by atoms with van der Waals surface area (Å²) in [7, 11) is 0. The van der Waals surface area contributed by atoms with Crippen LogP contribution in [0.15, 0.2) is 41.7 Å². The molecule has 0 spiro atoms. The quantitative estimate of drug-likeness (QED) is 0.674. The number of ether oxygens (including phenoxy) is 2. The van der Waals surface area contributed by atoms with Gasteiger partial charge in [-0.05, 0) is 25.8 Å². The highest BCUT2D eigenvalue weighted by molar-refractivity contribution is 6.00. The van der Waals surface area contributed by atoms with Crippen LogP contribution in [-0.2, 0) is 30.4 Å². The Bertz CT molecular complexity index is 626. The van der Waals surface area contributed by atoms with E-state index in [-0.39, 0.29) is 30.6 Å². The molecule has 0 bridgehead atoms. The number of hydrogen-bond acceptors (Lipinski definition) is 6. The van der Waals surface area contributed by atoms with Crippen molar-refractivity contribution in [1.82, 2.24) is 5.06 Å². The fourth-order valence-corrected chi connectivity index (χ4v) is 2.77. The third-order valence-corrected chi connectivity index (χ3v) is 3.83. The van der Waals surface area contributed by atoms with Crippen molar-refractivity contribution < 1.29 is 23.9 Å². The van der Waals surface area contributed by atoms with E-state index in [2.05, 4.69) is 0 Å². The Labute approximate surface area is 148 Å².